The quantitative estimate of drug-likeness (QED) is 0.201. The normalized spacial score (nSPS) is 20.7. The number of nitrogens with one attached hydrogen (secondary N) is 1. The zero-order chi connectivity index (χ0) is 29.1. The minimum absolute atomic E-state index is 0.0350. The van der Waals surface area contributed by atoms with Crippen molar-refractivity contribution in [3.63, 3.8) is 0 Å². The third-order valence-corrected chi connectivity index (χ3v) is 8.22. The number of hydrogen-bond donors (Lipinski definition) is 1. The fourth-order valence-electron chi connectivity index (χ4n) is 6.15. The predicted molar refractivity (Wildman–Crippen MR) is 155 cm³/mol. The average Bonchev–Trinajstić information content (AvgIpc) is 2.96. The molecule has 6 nitrogen and oxygen atoms in total. The number of esters is 1. The van der Waals surface area contributed by atoms with Crippen molar-refractivity contribution >= 4 is 11.7 Å². The number of nitrogens with zero attached hydrogens (tertiary/aromatic N) is 1. The molecule has 0 bridgehead atoms. The molecule has 1 aromatic heterocycles. The molecule has 0 unspecified atom stereocenters. The number of pyridine rings is 1. The largest absolute Gasteiger partial charge is 0.473 e. The Morgan fingerprint density at radius 3 is 2.05 bits per heavy atom. The van der Waals surface area contributed by atoms with Crippen molar-refractivity contribution in [1.29, 1.82) is 0 Å². The molecule has 1 heterocycles. The van der Waals surface area contributed by atoms with E-state index >= 15 is 8.78 Å². The van der Waals surface area contributed by atoms with Crippen LogP contribution in [-0.2, 0) is 22.7 Å². The topological polar surface area (TPSA) is 69.7 Å². The summed E-state index contributed by atoms with van der Waals surface area (Å²) in [6, 6.07) is 25.0. The van der Waals surface area contributed by atoms with Gasteiger partial charge in [-0.1, -0.05) is 60.7 Å². The number of carbonyl (C=O) groups excluding carboxylic acids is 1. The second-order valence-electron chi connectivity index (χ2n) is 11.2. The number of methoxy groups -OCH3 is 1. The van der Waals surface area contributed by atoms with Gasteiger partial charge in [0.05, 0.1) is 24.2 Å². The van der Waals surface area contributed by atoms with E-state index in [9.17, 15) is 4.79 Å². The van der Waals surface area contributed by atoms with Crippen LogP contribution in [0.1, 0.15) is 36.8 Å². The van der Waals surface area contributed by atoms with Gasteiger partial charge in [-0.25, -0.2) is 8.78 Å². The lowest BCUT2D eigenvalue weighted by atomic mass is 9.50. The van der Waals surface area contributed by atoms with Crippen molar-refractivity contribution in [3.8, 4) is 22.9 Å². The summed E-state index contributed by atoms with van der Waals surface area (Å²) >= 11 is 0. The van der Waals surface area contributed by atoms with Crippen LogP contribution in [0.15, 0.2) is 84.9 Å². The smallest absolute Gasteiger partial charge is 0.308 e. The van der Waals surface area contributed by atoms with E-state index in [1.807, 2.05) is 60.7 Å². The first kappa shape index (κ1) is 27.7. The summed E-state index contributed by atoms with van der Waals surface area (Å²) in [6.45, 7) is 0.465. The van der Waals surface area contributed by atoms with E-state index < -0.39 is 11.6 Å². The molecule has 2 aliphatic carbocycles. The lowest BCUT2D eigenvalue weighted by Gasteiger charge is -2.57. The Balaban J connectivity index is 1.19. The summed E-state index contributed by atoms with van der Waals surface area (Å²) in [7, 11) is 1.41. The van der Waals surface area contributed by atoms with Crippen molar-refractivity contribution in [2.24, 2.45) is 11.3 Å². The molecule has 1 N–H and O–H groups in total. The number of halogens is 2. The Kier molecular flexibility index (Phi) is 7.78. The Morgan fingerprint density at radius 1 is 0.857 bits per heavy atom. The SMILES string of the molecule is COC(=O)C1CC2(CC(Nc3cc(F)c(-c4ccc(OCc5ccccc5)nc4OCc4ccccc4)c(F)c3)C2)C1. The maximum atomic E-state index is 15.5. The van der Waals surface area contributed by atoms with Gasteiger partial charge < -0.3 is 19.5 Å². The first-order valence-electron chi connectivity index (χ1n) is 14.1. The van der Waals surface area contributed by atoms with Crippen LogP contribution in [-0.4, -0.2) is 24.1 Å². The van der Waals surface area contributed by atoms with Gasteiger partial charge >= 0.3 is 5.97 Å². The summed E-state index contributed by atoms with van der Waals surface area (Å²) in [4.78, 5) is 16.2. The number of anilines is 1. The fraction of sp³-hybridized carbons (Fsp3) is 0.294. The average molecular weight is 571 g/mol. The number of benzene rings is 3. The summed E-state index contributed by atoms with van der Waals surface area (Å²) in [5.74, 6) is -1.26. The molecule has 0 aliphatic heterocycles. The standard InChI is InChI=1S/C34H32F2N2O4/c1-40-33(39)24-16-34(17-24)18-26(19-34)37-25-14-28(35)31(29(36)15-25)27-12-13-30(41-20-22-8-4-2-5-9-22)38-32(27)42-21-23-10-6-3-7-11-23/h2-15,24,26,37H,16-21H2,1H3. The number of hydrogen-bond acceptors (Lipinski definition) is 6. The second kappa shape index (κ2) is 11.8. The monoisotopic (exact) mass is 570 g/mol. The summed E-state index contributed by atoms with van der Waals surface area (Å²) < 4.78 is 47.8. The molecule has 0 saturated heterocycles. The first-order chi connectivity index (χ1) is 20.4. The second-order valence-corrected chi connectivity index (χ2v) is 11.2. The van der Waals surface area contributed by atoms with Crippen molar-refractivity contribution in [2.75, 3.05) is 12.4 Å². The van der Waals surface area contributed by atoms with E-state index in [1.165, 1.54) is 19.2 Å². The molecule has 0 amide bonds. The van der Waals surface area contributed by atoms with Crippen LogP contribution in [0.25, 0.3) is 11.1 Å². The molecular weight excluding hydrogens is 538 g/mol. The van der Waals surface area contributed by atoms with Gasteiger partial charge in [-0.2, -0.15) is 4.98 Å². The summed E-state index contributed by atoms with van der Waals surface area (Å²) in [5, 5.41) is 3.26. The van der Waals surface area contributed by atoms with Crippen LogP contribution >= 0.6 is 0 Å². The zero-order valence-corrected chi connectivity index (χ0v) is 23.3. The number of ether oxygens (including phenoxy) is 3. The highest BCUT2D eigenvalue weighted by molar-refractivity contribution is 5.74. The van der Waals surface area contributed by atoms with Crippen molar-refractivity contribution in [1.82, 2.24) is 4.98 Å². The molecule has 216 valence electrons. The van der Waals surface area contributed by atoms with E-state index in [-0.39, 0.29) is 52.8 Å². The molecular formula is C34H32F2N2O4. The van der Waals surface area contributed by atoms with Crippen LogP contribution < -0.4 is 14.8 Å². The van der Waals surface area contributed by atoms with E-state index in [1.54, 1.807) is 12.1 Å². The van der Waals surface area contributed by atoms with E-state index in [4.69, 9.17) is 14.2 Å². The van der Waals surface area contributed by atoms with Gasteiger partial charge in [0.25, 0.3) is 0 Å². The van der Waals surface area contributed by atoms with Crippen molar-refractivity contribution in [2.45, 2.75) is 44.9 Å². The number of carbonyl (C=O) groups is 1. The van der Waals surface area contributed by atoms with Crippen LogP contribution in [0.3, 0.4) is 0 Å². The first-order valence-corrected chi connectivity index (χ1v) is 14.1. The summed E-state index contributed by atoms with van der Waals surface area (Å²) in [5.41, 5.74) is 2.35. The maximum Gasteiger partial charge on any atom is 0.308 e. The summed E-state index contributed by atoms with van der Waals surface area (Å²) in [6.07, 6.45) is 3.33. The van der Waals surface area contributed by atoms with Gasteiger partial charge in [0.15, 0.2) is 0 Å². The molecule has 4 aromatic rings. The third kappa shape index (κ3) is 5.93. The minimum atomic E-state index is -0.717. The van der Waals surface area contributed by atoms with Gasteiger partial charge in [0, 0.05) is 17.8 Å². The highest BCUT2D eigenvalue weighted by atomic mass is 19.1. The van der Waals surface area contributed by atoms with E-state index in [0.29, 0.717) is 12.3 Å². The molecule has 6 rings (SSSR count). The van der Waals surface area contributed by atoms with Gasteiger partial charge in [0.2, 0.25) is 11.8 Å². The Labute approximate surface area is 243 Å². The van der Waals surface area contributed by atoms with E-state index in [0.717, 1.165) is 36.8 Å². The molecule has 0 atom stereocenters. The Hall–Kier alpha value is -4.46. The molecule has 2 saturated carbocycles. The number of aromatic nitrogens is 1. The molecule has 2 fully saturated rings. The number of rotatable bonds is 10. The van der Waals surface area contributed by atoms with Crippen molar-refractivity contribution < 1.29 is 27.8 Å². The highest BCUT2D eigenvalue weighted by Gasteiger charge is 2.55. The van der Waals surface area contributed by atoms with Crippen LogP contribution in [0.2, 0.25) is 0 Å². The maximum absolute atomic E-state index is 15.5. The Bertz CT molecular complexity index is 1530. The molecule has 2 aliphatic rings. The highest BCUT2D eigenvalue weighted by Crippen LogP contribution is 2.59. The fourth-order valence-corrected chi connectivity index (χ4v) is 6.15. The van der Waals surface area contributed by atoms with Crippen molar-refractivity contribution in [3.05, 3.63) is 108 Å². The Morgan fingerprint density at radius 2 is 1.45 bits per heavy atom. The molecule has 8 heteroatoms. The van der Waals surface area contributed by atoms with Gasteiger partial charge in [-0.05, 0) is 60.4 Å². The molecule has 42 heavy (non-hydrogen) atoms. The van der Waals surface area contributed by atoms with Crippen LogP contribution in [0.5, 0.6) is 11.8 Å². The lowest BCUT2D eigenvalue weighted by Crippen LogP contribution is -2.54. The van der Waals surface area contributed by atoms with Crippen LogP contribution in [0.4, 0.5) is 14.5 Å². The minimum Gasteiger partial charge on any atom is -0.473 e. The predicted octanol–water partition coefficient (Wildman–Crippen LogP) is 7.33. The lowest BCUT2D eigenvalue weighted by molar-refractivity contribution is -0.158. The molecule has 3 aromatic carbocycles. The van der Waals surface area contributed by atoms with Gasteiger partial charge in [-0.15, -0.1) is 0 Å². The van der Waals surface area contributed by atoms with E-state index in [2.05, 4.69) is 10.3 Å². The molecule has 0 radical (unpaired) electrons. The molecule has 1 spiro atoms. The van der Waals surface area contributed by atoms with Gasteiger partial charge in [-0.3, -0.25) is 4.79 Å². The van der Waals surface area contributed by atoms with Gasteiger partial charge in [0.1, 0.15) is 24.8 Å². The zero-order valence-electron chi connectivity index (χ0n) is 23.3. The third-order valence-electron chi connectivity index (χ3n) is 8.22. The van der Waals surface area contributed by atoms with Crippen LogP contribution in [0, 0.1) is 23.0 Å².